The zero-order chi connectivity index (χ0) is 12.3. The van der Waals surface area contributed by atoms with E-state index in [1.807, 2.05) is 0 Å². The molecule has 0 radical (unpaired) electrons. The van der Waals surface area contributed by atoms with Crippen LogP contribution in [0, 0.1) is 0 Å². The van der Waals surface area contributed by atoms with Gasteiger partial charge in [-0.3, -0.25) is 4.90 Å². The van der Waals surface area contributed by atoms with Crippen molar-refractivity contribution in [2.24, 2.45) is 5.73 Å². The Bertz CT molecular complexity index is 358. The van der Waals surface area contributed by atoms with E-state index < -0.39 is 0 Å². The molecule has 2 N–H and O–H groups in total. The Morgan fingerprint density at radius 1 is 1.71 bits per heavy atom. The van der Waals surface area contributed by atoms with E-state index in [0.29, 0.717) is 18.7 Å². The lowest BCUT2D eigenvalue weighted by Crippen LogP contribution is -2.37. The zero-order valence-electron chi connectivity index (χ0n) is 10.1. The number of nitrogens with zero attached hydrogens (tertiary/aromatic N) is 1. The van der Waals surface area contributed by atoms with Crippen LogP contribution in [0.25, 0.3) is 0 Å². The van der Waals surface area contributed by atoms with Crippen LogP contribution in [0.4, 0.5) is 0 Å². The average molecular weight is 319 g/mol. The summed E-state index contributed by atoms with van der Waals surface area (Å²) in [5.74, 6) is 0. The smallest absolute Gasteiger partial charge is 0.0674 e. The van der Waals surface area contributed by atoms with Gasteiger partial charge in [-0.15, -0.1) is 11.3 Å². The molecule has 3 nitrogen and oxygen atoms in total. The summed E-state index contributed by atoms with van der Waals surface area (Å²) in [5.41, 5.74) is 5.96. The van der Waals surface area contributed by atoms with E-state index in [1.165, 1.54) is 9.35 Å². The maximum atomic E-state index is 5.96. The predicted octanol–water partition coefficient (Wildman–Crippen LogP) is 2.62. The van der Waals surface area contributed by atoms with Gasteiger partial charge in [-0.1, -0.05) is 0 Å². The molecule has 2 atom stereocenters. The third-order valence-electron chi connectivity index (χ3n) is 3.10. The van der Waals surface area contributed by atoms with E-state index in [2.05, 4.69) is 39.2 Å². The summed E-state index contributed by atoms with van der Waals surface area (Å²) >= 11 is 5.38. The molecule has 1 aromatic heterocycles. The molecule has 0 amide bonds. The molecule has 1 aliphatic rings. The number of nitrogens with two attached hydrogens (primary N) is 1. The monoisotopic (exact) mass is 318 g/mol. The second-order valence-electron chi connectivity index (χ2n) is 4.41. The second kappa shape index (κ2) is 6.29. The Labute approximate surface area is 115 Å². The van der Waals surface area contributed by atoms with Crippen molar-refractivity contribution in [2.45, 2.75) is 25.5 Å². The van der Waals surface area contributed by atoms with Crippen LogP contribution in [0.15, 0.2) is 15.9 Å². The number of ether oxygens (including phenoxy) is 1. The quantitative estimate of drug-likeness (QED) is 0.931. The highest BCUT2D eigenvalue weighted by atomic mass is 79.9. The summed E-state index contributed by atoms with van der Waals surface area (Å²) in [6, 6.07) is 2.41. The first-order chi connectivity index (χ1) is 8.22. The van der Waals surface area contributed by atoms with E-state index in [-0.39, 0.29) is 0 Å². The molecule has 2 heterocycles. The third kappa shape index (κ3) is 3.29. The SMILES string of the molecule is CC1CN(C(CN)c2sccc2Br)CCCO1. The molecule has 0 bridgehead atoms. The van der Waals surface area contributed by atoms with Crippen LogP contribution < -0.4 is 5.73 Å². The molecule has 1 saturated heterocycles. The molecule has 1 aromatic rings. The number of rotatable bonds is 3. The van der Waals surface area contributed by atoms with Gasteiger partial charge in [0, 0.05) is 35.6 Å². The summed E-state index contributed by atoms with van der Waals surface area (Å²) in [6.07, 6.45) is 1.38. The summed E-state index contributed by atoms with van der Waals surface area (Å²) < 4.78 is 6.86. The molecule has 96 valence electrons. The van der Waals surface area contributed by atoms with Crippen molar-refractivity contribution >= 4 is 27.3 Å². The van der Waals surface area contributed by atoms with Crippen LogP contribution in [-0.4, -0.2) is 37.2 Å². The highest BCUT2D eigenvalue weighted by Crippen LogP contribution is 2.32. The van der Waals surface area contributed by atoms with Gasteiger partial charge in [0.2, 0.25) is 0 Å². The van der Waals surface area contributed by atoms with Crippen molar-refractivity contribution in [3.63, 3.8) is 0 Å². The van der Waals surface area contributed by atoms with Crippen molar-refractivity contribution in [1.29, 1.82) is 0 Å². The fourth-order valence-electron chi connectivity index (χ4n) is 2.27. The van der Waals surface area contributed by atoms with Gasteiger partial charge in [0.15, 0.2) is 0 Å². The summed E-state index contributed by atoms with van der Waals surface area (Å²) in [5, 5.41) is 2.11. The van der Waals surface area contributed by atoms with E-state index >= 15 is 0 Å². The van der Waals surface area contributed by atoms with Crippen LogP contribution in [0.1, 0.15) is 24.3 Å². The standard InChI is InChI=1S/C12H19BrN2OS/c1-9-8-15(4-2-5-16-9)11(7-14)12-10(13)3-6-17-12/h3,6,9,11H,2,4-5,7-8,14H2,1H3. The Balaban J connectivity index is 2.14. The van der Waals surface area contributed by atoms with E-state index in [4.69, 9.17) is 10.5 Å². The molecule has 0 aromatic carbocycles. The van der Waals surface area contributed by atoms with Crippen molar-refractivity contribution < 1.29 is 4.74 Å². The molecule has 17 heavy (non-hydrogen) atoms. The van der Waals surface area contributed by atoms with Gasteiger partial charge in [0.05, 0.1) is 12.1 Å². The lowest BCUT2D eigenvalue weighted by Gasteiger charge is -2.30. The van der Waals surface area contributed by atoms with E-state index in [0.717, 1.165) is 26.1 Å². The topological polar surface area (TPSA) is 38.5 Å². The van der Waals surface area contributed by atoms with Gasteiger partial charge < -0.3 is 10.5 Å². The Morgan fingerprint density at radius 2 is 2.53 bits per heavy atom. The minimum absolute atomic E-state index is 0.297. The molecule has 1 aliphatic heterocycles. The van der Waals surface area contributed by atoms with Gasteiger partial charge in [-0.05, 0) is 40.7 Å². The fourth-order valence-corrected chi connectivity index (χ4v) is 4.06. The first-order valence-corrected chi connectivity index (χ1v) is 7.68. The zero-order valence-corrected chi connectivity index (χ0v) is 12.5. The molecule has 2 rings (SSSR count). The van der Waals surface area contributed by atoms with Crippen molar-refractivity contribution in [2.75, 3.05) is 26.2 Å². The van der Waals surface area contributed by atoms with Gasteiger partial charge in [-0.25, -0.2) is 0 Å². The first kappa shape index (κ1) is 13.5. The Kier molecular flexibility index (Phi) is 4.99. The number of hydrogen-bond donors (Lipinski definition) is 1. The van der Waals surface area contributed by atoms with Gasteiger partial charge in [0.1, 0.15) is 0 Å². The molecule has 5 heteroatoms. The summed E-state index contributed by atoms with van der Waals surface area (Å²) in [6.45, 7) is 5.69. The average Bonchev–Trinajstić information content (AvgIpc) is 2.60. The van der Waals surface area contributed by atoms with Crippen molar-refractivity contribution in [3.05, 3.63) is 20.8 Å². The maximum absolute atomic E-state index is 5.96. The van der Waals surface area contributed by atoms with Crippen molar-refractivity contribution in [1.82, 2.24) is 4.90 Å². The highest BCUT2D eigenvalue weighted by molar-refractivity contribution is 9.10. The van der Waals surface area contributed by atoms with Crippen LogP contribution in [0.3, 0.4) is 0 Å². The predicted molar refractivity (Wildman–Crippen MR) is 75.4 cm³/mol. The lowest BCUT2D eigenvalue weighted by molar-refractivity contribution is 0.0614. The molecule has 0 spiro atoms. The first-order valence-electron chi connectivity index (χ1n) is 6.01. The molecule has 0 aliphatic carbocycles. The maximum Gasteiger partial charge on any atom is 0.0674 e. The molecule has 1 fully saturated rings. The van der Waals surface area contributed by atoms with Gasteiger partial charge in [0.25, 0.3) is 0 Å². The van der Waals surface area contributed by atoms with Crippen LogP contribution >= 0.6 is 27.3 Å². The lowest BCUT2D eigenvalue weighted by atomic mass is 10.2. The minimum atomic E-state index is 0.297. The molecular weight excluding hydrogens is 300 g/mol. The molecule has 2 unspecified atom stereocenters. The summed E-state index contributed by atoms with van der Waals surface area (Å²) in [4.78, 5) is 3.79. The largest absolute Gasteiger partial charge is 0.377 e. The van der Waals surface area contributed by atoms with Crippen LogP contribution in [-0.2, 0) is 4.74 Å². The number of thiophene rings is 1. The van der Waals surface area contributed by atoms with Gasteiger partial charge in [-0.2, -0.15) is 0 Å². The minimum Gasteiger partial charge on any atom is -0.377 e. The van der Waals surface area contributed by atoms with Gasteiger partial charge >= 0.3 is 0 Å². The summed E-state index contributed by atoms with van der Waals surface area (Å²) in [7, 11) is 0. The molecule has 0 saturated carbocycles. The van der Waals surface area contributed by atoms with E-state index in [1.54, 1.807) is 11.3 Å². The van der Waals surface area contributed by atoms with E-state index in [9.17, 15) is 0 Å². The molecular formula is C12H19BrN2OS. The van der Waals surface area contributed by atoms with Crippen LogP contribution in [0.5, 0.6) is 0 Å². The Morgan fingerprint density at radius 3 is 3.18 bits per heavy atom. The number of halogens is 1. The fraction of sp³-hybridized carbons (Fsp3) is 0.667. The Hall–Kier alpha value is 0.0600. The number of hydrogen-bond acceptors (Lipinski definition) is 4. The van der Waals surface area contributed by atoms with Crippen LogP contribution in [0.2, 0.25) is 0 Å². The highest BCUT2D eigenvalue weighted by Gasteiger charge is 2.25. The second-order valence-corrected chi connectivity index (χ2v) is 6.22. The normalized spacial score (nSPS) is 24.5. The third-order valence-corrected chi connectivity index (χ3v) is 5.07. The van der Waals surface area contributed by atoms with Crippen molar-refractivity contribution in [3.8, 4) is 0 Å².